The number of hydrogen-bond acceptors (Lipinski definition) is 5. The average molecular weight is 288 g/mol. The third-order valence-corrected chi connectivity index (χ3v) is 4.09. The van der Waals surface area contributed by atoms with Crippen LogP contribution in [0.15, 0.2) is 50.8 Å². The van der Waals surface area contributed by atoms with E-state index in [1.165, 1.54) is 0 Å². The van der Waals surface area contributed by atoms with Crippen LogP contribution >= 0.6 is 0 Å². The summed E-state index contributed by atoms with van der Waals surface area (Å²) in [5.74, 6) is 1.85. The molecule has 3 heterocycles. The van der Waals surface area contributed by atoms with Gasteiger partial charge < -0.3 is 14.0 Å². The lowest BCUT2D eigenvalue weighted by atomic mass is 9.81. The minimum Gasteiger partial charge on any atom is -0.468 e. The van der Waals surface area contributed by atoms with Crippen LogP contribution < -0.4 is 5.32 Å². The van der Waals surface area contributed by atoms with E-state index in [2.05, 4.69) is 17.4 Å². The van der Waals surface area contributed by atoms with E-state index in [0.717, 1.165) is 30.1 Å². The highest BCUT2D eigenvalue weighted by molar-refractivity contribution is 5.88. The van der Waals surface area contributed by atoms with Crippen molar-refractivity contribution < 1.29 is 14.0 Å². The van der Waals surface area contributed by atoms with Gasteiger partial charge in [-0.1, -0.05) is 18.5 Å². The van der Waals surface area contributed by atoms with Crippen LogP contribution in [0.25, 0.3) is 0 Å². The van der Waals surface area contributed by atoms with Crippen LogP contribution in [0.2, 0.25) is 0 Å². The number of nitrogens with zero attached hydrogens (tertiary/aromatic N) is 1. The summed E-state index contributed by atoms with van der Waals surface area (Å²) in [6.07, 6.45) is 5.95. The topological polar surface area (TPSA) is 70.9 Å². The Morgan fingerprint density at radius 3 is 2.52 bits per heavy atom. The van der Waals surface area contributed by atoms with E-state index in [0.29, 0.717) is 6.42 Å². The fourth-order valence-corrected chi connectivity index (χ4v) is 3.12. The molecule has 0 spiro atoms. The van der Waals surface area contributed by atoms with E-state index in [4.69, 9.17) is 8.83 Å². The van der Waals surface area contributed by atoms with E-state index in [-0.39, 0.29) is 18.0 Å². The standard InChI is InChI=1S/C16H20N2O3/c1-2-5-11-12(18-19)10-13(14-6-3-8-20-14)17-16(11)15-7-4-9-21-15/h3-4,6-9,11,13,16-17,19H,2,5,10H2,1H3/b18-12+/t11-,13-,16+/m0/s1. The molecule has 3 atom stereocenters. The summed E-state index contributed by atoms with van der Waals surface area (Å²) in [5, 5.41) is 16.6. The molecule has 0 amide bonds. The van der Waals surface area contributed by atoms with Crippen LogP contribution in [-0.2, 0) is 0 Å². The van der Waals surface area contributed by atoms with Crippen LogP contribution in [0, 0.1) is 5.92 Å². The van der Waals surface area contributed by atoms with Gasteiger partial charge in [0.25, 0.3) is 0 Å². The first-order valence-electron chi connectivity index (χ1n) is 7.37. The predicted octanol–water partition coefficient (Wildman–Crippen LogP) is 3.89. The van der Waals surface area contributed by atoms with Crippen molar-refractivity contribution in [1.82, 2.24) is 5.32 Å². The number of furan rings is 2. The third-order valence-electron chi connectivity index (χ3n) is 4.09. The van der Waals surface area contributed by atoms with E-state index in [9.17, 15) is 5.21 Å². The van der Waals surface area contributed by atoms with Gasteiger partial charge in [0.2, 0.25) is 0 Å². The minimum atomic E-state index is -0.00546. The van der Waals surface area contributed by atoms with E-state index < -0.39 is 0 Å². The first-order valence-corrected chi connectivity index (χ1v) is 7.37. The summed E-state index contributed by atoms with van der Waals surface area (Å²) in [5.41, 5.74) is 0.804. The largest absolute Gasteiger partial charge is 0.468 e. The highest BCUT2D eigenvalue weighted by Crippen LogP contribution is 2.38. The van der Waals surface area contributed by atoms with Crippen molar-refractivity contribution in [2.24, 2.45) is 11.1 Å². The number of hydrogen-bond donors (Lipinski definition) is 2. The highest BCUT2D eigenvalue weighted by atomic mass is 16.4. The fourth-order valence-electron chi connectivity index (χ4n) is 3.12. The molecule has 0 radical (unpaired) electrons. The Labute approximate surface area is 123 Å². The van der Waals surface area contributed by atoms with Crippen molar-refractivity contribution in [1.29, 1.82) is 0 Å². The lowest BCUT2D eigenvalue weighted by molar-refractivity contribution is 0.253. The smallest absolute Gasteiger partial charge is 0.121 e. The van der Waals surface area contributed by atoms with E-state index in [1.807, 2.05) is 24.3 Å². The van der Waals surface area contributed by atoms with Gasteiger partial charge in [0.1, 0.15) is 11.5 Å². The van der Waals surface area contributed by atoms with Gasteiger partial charge in [-0.05, 0) is 30.7 Å². The zero-order chi connectivity index (χ0) is 14.7. The number of nitrogens with one attached hydrogen (secondary N) is 1. The molecular formula is C16H20N2O3. The summed E-state index contributed by atoms with van der Waals surface area (Å²) in [6, 6.07) is 7.63. The van der Waals surface area contributed by atoms with Crippen molar-refractivity contribution in [2.75, 3.05) is 0 Å². The zero-order valence-corrected chi connectivity index (χ0v) is 12.0. The lowest BCUT2D eigenvalue weighted by Gasteiger charge is -2.36. The molecule has 0 bridgehead atoms. The van der Waals surface area contributed by atoms with Crippen molar-refractivity contribution >= 4 is 5.71 Å². The third kappa shape index (κ3) is 2.74. The average Bonchev–Trinajstić information content (AvgIpc) is 3.21. The Morgan fingerprint density at radius 1 is 1.24 bits per heavy atom. The molecule has 1 saturated heterocycles. The summed E-state index contributed by atoms with van der Waals surface area (Å²) < 4.78 is 11.1. The molecule has 2 aromatic rings. The molecule has 5 heteroatoms. The quantitative estimate of drug-likeness (QED) is 0.661. The Hall–Kier alpha value is -2.01. The summed E-state index contributed by atoms with van der Waals surface area (Å²) in [7, 11) is 0. The van der Waals surface area contributed by atoms with Crippen molar-refractivity contribution in [3.63, 3.8) is 0 Å². The summed E-state index contributed by atoms with van der Waals surface area (Å²) in [4.78, 5) is 0. The maximum atomic E-state index is 9.42. The summed E-state index contributed by atoms with van der Waals surface area (Å²) in [6.45, 7) is 2.13. The Bertz CT molecular complexity index is 575. The molecule has 112 valence electrons. The van der Waals surface area contributed by atoms with Crippen LogP contribution in [0.5, 0.6) is 0 Å². The number of oxime groups is 1. The van der Waals surface area contributed by atoms with Gasteiger partial charge in [-0.25, -0.2) is 0 Å². The van der Waals surface area contributed by atoms with Gasteiger partial charge in [0.05, 0.1) is 30.3 Å². The van der Waals surface area contributed by atoms with Crippen LogP contribution in [0.4, 0.5) is 0 Å². The molecule has 1 fully saturated rings. The molecule has 0 aliphatic carbocycles. The van der Waals surface area contributed by atoms with Crippen LogP contribution in [0.3, 0.4) is 0 Å². The van der Waals surface area contributed by atoms with Gasteiger partial charge in [0.15, 0.2) is 0 Å². The van der Waals surface area contributed by atoms with Crippen molar-refractivity contribution in [2.45, 2.75) is 38.3 Å². The van der Waals surface area contributed by atoms with Crippen LogP contribution in [0.1, 0.15) is 49.8 Å². The number of piperidine rings is 1. The first-order chi connectivity index (χ1) is 10.3. The normalized spacial score (nSPS) is 28.0. The summed E-state index contributed by atoms with van der Waals surface area (Å²) >= 11 is 0. The van der Waals surface area contributed by atoms with Crippen LogP contribution in [-0.4, -0.2) is 10.9 Å². The Kier molecular flexibility index (Phi) is 4.10. The minimum absolute atomic E-state index is 0.00491. The molecule has 1 aliphatic heterocycles. The molecular weight excluding hydrogens is 268 g/mol. The highest BCUT2D eigenvalue weighted by Gasteiger charge is 2.38. The molecule has 2 N–H and O–H groups in total. The molecule has 1 aliphatic rings. The predicted molar refractivity (Wildman–Crippen MR) is 78.3 cm³/mol. The fraction of sp³-hybridized carbons (Fsp3) is 0.438. The maximum absolute atomic E-state index is 9.42. The maximum Gasteiger partial charge on any atom is 0.121 e. The lowest BCUT2D eigenvalue weighted by Crippen LogP contribution is -2.42. The van der Waals surface area contributed by atoms with Crippen molar-refractivity contribution in [3.05, 3.63) is 48.3 Å². The molecule has 0 aromatic carbocycles. The van der Waals surface area contributed by atoms with Gasteiger partial charge in [0, 0.05) is 12.3 Å². The second-order valence-electron chi connectivity index (χ2n) is 5.42. The van der Waals surface area contributed by atoms with Gasteiger partial charge in [-0.15, -0.1) is 0 Å². The molecule has 3 rings (SSSR count). The van der Waals surface area contributed by atoms with Gasteiger partial charge in [-0.2, -0.15) is 0 Å². The second kappa shape index (κ2) is 6.18. The van der Waals surface area contributed by atoms with Gasteiger partial charge >= 0.3 is 0 Å². The Balaban J connectivity index is 1.92. The molecule has 21 heavy (non-hydrogen) atoms. The number of rotatable bonds is 4. The van der Waals surface area contributed by atoms with E-state index in [1.54, 1.807) is 12.5 Å². The molecule has 0 saturated carbocycles. The first kappa shape index (κ1) is 13.9. The van der Waals surface area contributed by atoms with Crippen molar-refractivity contribution in [3.8, 4) is 0 Å². The van der Waals surface area contributed by atoms with E-state index >= 15 is 0 Å². The molecule has 0 unspecified atom stereocenters. The van der Waals surface area contributed by atoms with Gasteiger partial charge in [-0.3, -0.25) is 5.32 Å². The molecule has 2 aromatic heterocycles. The Morgan fingerprint density at radius 2 is 1.95 bits per heavy atom. The second-order valence-corrected chi connectivity index (χ2v) is 5.42. The zero-order valence-electron chi connectivity index (χ0n) is 12.0. The molecule has 5 nitrogen and oxygen atoms in total. The SMILES string of the molecule is CCC[C@H]1/C(=N/O)C[C@@H](c2ccco2)N[C@H]1c1ccco1. The monoisotopic (exact) mass is 288 g/mol.